The molecule has 1 fully saturated rings. The first-order valence-electron chi connectivity index (χ1n) is 7.27. The number of ether oxygens (including phenoxy) is 1. The summed E-state index contributed by atoms with van der Waals surface area (Å²) in [5.74, 6) is -0.635. The number of rotatable bonds is 4. The van der Waals surface area contributed by atoms with E-state index in [-0.39, 0.29) is 18.2 Å². The summed E-state index contributed by atoms with van der Waals surface area (Å²) in [6.45, 7) is 0.585. The quantitative estimate of drug-likeness (QED) is 0.817. The Hall–Kier alpha value is -2.32. The Morgan fingerprint density at radius 3 is 3.04 bits per heavy atom. The predicted molar refractivity (Wildman–Crippen MR) is 84.3 cm³/mol. The van der Waals surface area contributed by atoms with Crippen molar-refractivity contribution < 1.29 is 14.3 Å². The molecule has 7 nitrogen and oxygen atoms in total. The normalized spacial score (nSPS) is 17.0. The maximum Gasteiger partial charge on any atom is 0.267 e. The highest BCUT2D eigenvalue weighted by Gasteiger charge is 2.23. The van der Waals surface area contributed by atoms with Crippen molar-refractivity contribution >= 4 is 23.2 Å². The molecule has 0 aromatic carbocycles. The summed E-state index contributed by atoms with van der Waals surface area (Å²) in [5, 5.41) is 2.63. The maximum atomic E-state index is 11.9. The lowest BCUT2D eigenvalue weighted by molar-refractivity contribution is -0.134. The summed E-state index contributed by atoms with van der Waals surface area (Å²) < 4.78 is 5.24. The van der Waals surface area contributed by atoms with E-state index in [4.69, 9.17) is 4.74 Å². The molecule has 120 valence electrons. The highest BCUT2D eigenvalue weighted by molar-refractivity contribution is 7.13. The fraction of sp³-hybridized carbons (Fsp3) is 0.333. The summed E-state index contributed by atoms with van der Waals surface area (Å²) in [7, 11) is 0. The molecule has 1 aliphatic heterocycles. The van der Waals surface area contributed by atoms with Crippen LogP contribution < -0.4 is 10.9 Å². The van der Waals surface area contributed by atoms with Gasteiger partial charge in [0.25, 0.3) is 5.91 Å². The minimum absolute atomic E-state index is 0.0998. The van der Waals surface area contributed by atoms with E-state index in [1.54, 1.807) is 12.4 Å². The molecule has 23 heavy (non-hydrogen) atoms. The first kappa shape index (κ1) is 15.6. The molecule has 1 saturated heterocycles. The lowest BCUT2D eigenvalue weighted by Gasteiger charge is -2.10. The molecule has 3 rings (SSSR count). The van der Waals surface area contributed by atoms with E-state index in [1.165, 1.54) is 11.3 Å². The number of hydrazine groups is 1. The maximum absolute atomic E-state index is 11.9. The Kier molecular flexibility index (Phi) is 4.94. The standard InChI is InChI=1S/C15H16N4O3S/c20-13(18-19-14(21)12-4-2-6-22-12)7-11-9-23-15(17-11)10-3-1-5-16-8-10/h1,3,5,8-9,12H,2,4,6-7H2,(H,18,20)(H,19,21). The molecule has 0 spiro atoms. The van der Waals surface area contributed by atoms with Crippen molar-refractivity contribution in [1.82, 2.24) is 20.8 Å². The van der Waals surface area contributed by atoms with Crippen LogP contribution in [0.5, 0.6) is 0 Å². The summed E-state index contributed by atoms with van der Waals surface area (Å²) in [4.78, 5) is 32.0. The average molecular weight is 332 g/mol. The molecule has 2 amide bonds. The highest BCUT2D eigenvalue weighted by Crippen LogP contribution is 2.22. The van der Waals surface area contributed by atoms with Crippen molar-refractivity contribution in [2.24, 2.45) is 0 Å². The Balaban J connectivity index is 1.50. The minimum Gasteiger partial charge on any atom is -0.368 e. The van der Waals surface area contributed by atoms with Gasteiger partial charge in [0, 0.05) is 29.9 Å². The summed E-state index contributed by atoms with van der Waals surface area (Å²) >= 11 is 1.45. The SMILES string of the molecule is O=C(Cc1csc(-c2cccnc2)n1)NNC(=O)C1CCCO1. The molecule has 3 heterocycles. The van der Waals surface area contributed by atoms with Gasteiger partial charge in [0.1, 0.15) is 11.1 Å². The van der Waals surface area contributed by atoms with Gasteiger partial charge in [0.05, 0.1) is 12.1 Å². The third-order valence-electron chi connectivity index (χ3n) is 3.35. The number of thiazole rings is 1. The number of hydrogen-bond donors (Lipinski definition) is 2. The lowest BCUT2D eigenvalue weighted by Crippen LogP contribution is -2.46. The molecule has 2 aromatic heterocycles. The van der Waals surface area contributed by atoms with Gasteiger partial charge in [-0.25, -0.2) is 4.98 Å². The van der Waals surface area contributed by atoms with Crippen molar-refractivity contribution in [2.45, 2.75) is 25.4 Å². The second-order valence-corrected chi connectivity index (χ2v) is 5.96. The first-order valence-corrected chi connectivity index (χ1v) is 8.15. The molecular weight excluding hydrogens is 316 g/mol. The molecule has 1 unspecified atom stereocenters. The Morgan fingerprint density at radius 1 is 1.39 bits per heavy atom. The molecule has 2 N–H and O–H groups in total. The summed E-state index contributed by atoms with van der Waals surface area (Å²) in [6.07, 6.45) is 4.60. The zero-order valence-corrected chi connectivity index (χ0v) is 13.1. The fourth-order valence-corrected chi connectivity index (χ4v) is 3.03. The zero-order chi connectivity index (χ0) is 16.1. The van der Waals surface area contributed by atoms with Crippen molar-refractivity contribution in [3.05, 3.63) is 35.6 Å². The van der Waals surface area contributed by atoms with Gasteiger partial charge in [-0.05, 0) is 25.0 Å². The Labute approximate surface area is 137 Å². The van der Waals surface area contributed by atoms with Crippen LogP contribution in [0.25, 0.3) is 10.6 Å². The average Bonchev–Trinajstić information content (AvgIpc) is 3.25. The second kappa shape index (κ2) is 7.30. The van der Waals surface area contributed by atoms with Gasteiger partial charge in [-0.1, -0.05) is 0 Å². The van der Waals surface area contributed by atoms with Gasteiger partial charge in [-0.15, -0.1) is 11.3 Å². The molecule has 8 heteroatoms. The zero-order valence-electron chi connectivity index (χ0n) is 12.3. The van der Waals surface area contributed by atoms with Crippen molar-refractivity contribution in [1.29, 1.82) is 0 Å². The monoisotopic (exact) mass is 332 g/mol. The van der Waals surface area contributed by atoms with Crippen LogP contribution in [0.2, 0.25) is 0 Å². The van der Waals surface area contributed by atoms with Crippen LogP contribution in [0, 0.1) is 0 Å². The van der Waals surface area contributed by atoms with E-state index in [9.17, 15) is 9.59 Å². The molecule has 1 atom stereocenters. The van der Waals surface area contributed by atoms with Gasteiger partial charge in [-0.3, -0.25) is 25.4 Å². The third kappa shape index (κ3) is 4.11. The van der Waals surface area contributed by atoms with Gasteiger partial charge < -0.3 is 4.74 Å². The van der Waals surface area contributed by atoms with Gasteiger partial charge in [0.15, 0.2) is 0 Å². The topological polar surface area (TPSA) is 93.2 Å². The van der Waals surface area contributed by atoms with E-state index in [2.05, 4.69) is 20.8 Å². The molecule has 0 saturated carbocycles. The number of carbonyl (C=O) groups excluding carboxylic acids is 2. The van der Waals surface area contributed by atoms with Crippen LogP contribution >= 0.6 is 11.3 Å². The van der Waals surface area contributed by atoms with Crippen LogP contribution in [0.4, 0.5) is 0 Å². The van der Waals surface area contributed by atoms with Crippen molar-refractivity contribution in [3.63, 3.8) is 0 Å². The number of hydrogen-bond acceptors (Lipinski definition) is 6. The first-order chi connectivity index (χ1) is 11.2. The Bertz CT molecular complexity index is 683. The minimum atomic E-state index is -0.466. The number of nitrogens with one attached hydrogen (secondary N) is 2. The summed E-state index contributed by atoms with van der Waals surface area (Å²) in [6, 6.07) is 3.75. The number of pyridine rings is 1. The van der Waals surface area contributed by atoms with Crippen LogP contribution in [0.15, 0.2) is 29.9 Å². The molecule has 1 aliphatic rings. The smallest absolute Gasteiger partial charge is 0.267 e. The lowest BCUT2D eigenvalue weighted by atomic mass is 10.2. The number of nitrogens with zero attached hydrogens (tertiary/aromatic N) is 2. The number of aromatic nitrogens is 2. The van der Waals surface area contributed by atoms with E-state index >= 15 is 0 Å². The largest absolute Gasteiger partial charge is 0.368 e. The summed E-state index contributed by atoms with van der Waals surface area (Å²) in [5.41, 5.74) is 6.34. The predicted octanol–water partition coefficient (Wildman–Crippen LogP) is 1.07. The van der Waals surface area contributed by atoms with Crippen molar-refractivity contribution in [2.75, 3.05) is 6.61 Å². The fourth-order valence-electron chi connectivity index (χ4n) is 2.21. The molecule has 0 bridgehead atoms. The van der Waals surface area contributed by atoms with Gasteiger partial charge in [-0.2, -0.15) is 0 Å². The van der Waals surface area contributed by atoms with Crippen LogP contribution in [0.1, 0.15) is 18.5 Å². The van der Waals surface area contributed by atoms with Gasteiger partial charge >= 0.3 is 0 Å². The van der Waals surface area contributed by atoms with Crippen LogP contribution in [-0.2, 0) is 20.7 Å². The number of amides is 2. The Morgan fingerprint density at radius 2 is 2.30 bits per heavy atom. The van der Waals surface area contributed by atoms with E-state index in [0.29, 0.717) is 18.7 Å². The molecule has 0 radical (unpaired) electrons. The second-order valence-electron chi connectivity index (χ2n) is 5.10. The van der Waals surface area contributed by atoms with E-state index in [0.717, 1.165) is 17.0 Å². The van der Waals surface area contributed by atoms with Crippen LogP contribution in [0.3, 0.4) is 0 Å². The molecule has 2 aromatic rings. The highest BCUT2D eigenvalue weighted by atomic mass is 32.1. The van der Waals surface area contributed by atoms with E-state index in [1.807, 2.05) is 17.5 Å². The van der Waals surface area contributed by atoms with Crippen LogP contribution in [-0.4, -0.2) is 34.5 Å². The van der Waals surface area contributed by atoms with E-state index < -0.39 is 6.10 Å². The number of carbonyl (C=O) groups is 2. The molecular formula is C15H16N4O3S. The third-order valence-corrected chi connectivity index (χ3v) is 4.29. The van der Waals surface area contributed by atoms with Crippen molar-refractivity contribution in [3.8, 4) is 10.6 Å². The van der Waals surface area contributed by atoms with Gasteiger partial charge in [0.2, 0.25) is 5.91 Å². The molecule has 0 aliphatic carbocycles.